The zero-order valence-corrected chi connectivity index (χ0v) is 20.7. The molecule has 7 nitrogen and oxygen atoms in total. The third-order valence-corrected chi connectivity index (χ3v) is 7.26. The first-order valence-electron chi connectivity index (χ1n) is 10.5. The SMILES string of the molecule is COc1cccc(C2SC(CC(=O)O)c3nnc(C(C)(C)C)n3-c3ccc(Cl)cc32)c1OC. The fourth-order valence-corrected chi connectivity index (χ4v) is 5.81. The standard InChI is InChI=1S/C24H26ClN3O4S/c1-24(2,3)23-27-26-22-18(12-19(29)30)33-21(14-7-6-8-17(31-4)20(14)32-5)15-11-13(25)9-10-16(15)28(22)23/h6-11,18,21H,12H2,1-5H3,(H,29,30). The van der Waals surface area contributed by atoms with E-state index in [2.05, 4.69) is 31.0 Å². The number of ether oxygens (including phenoxy) is 2. The van der Waals surface area contributed by atoms with Gasteiger partial charge in [0.15, 0.2) is 17.3 Å². The molecule has 2 unspecified atom stereocenters. The molecule has 1 aromatic heterocycles. The molecule has 0 amide bonds. The average molecular weight is 488 g/mol. The lowest BCUT2D eigenvalue weighted by Crippen LogP contribution is -2.20. The number of nitrogens with zero attached hydrogens (tertiary/aromatic N) is 3. The maximum atomic E-state index is 11.9. The number of para-hydroxylation sites is 1. The molecule has 2 aromatic carbocycles. The average Bonchev–Trinajstić information content (AvgIpc) is 3.16. The summed E-state index contributed by atoms with van der Waals surface area (Å²) in [5.41, 5.74) is 2.36. The first-order valence-corrected chi connectivity index (χ1v) is 11.8. The highest BCUT2D eigenvalue weighted by atomic mass is 35.5. The number of benzene rings is 2. The predicted octanol–water partition coefficient (Wildman–Crippen LogP) is 5.59. The molecule has 0 saturated carbocycles. The van der Waals surface area contributed by atoms with Crippen LogP contribution < -0.4 is 9.47 Å². The molecule has 9 heteroatoms. The molecule has 1 aliphatic heterocycles. The molecule has 0 aliphatic carbocycles. The highest BCUT2D eigenvalue weighted by molar-refractivity contribution is 8.00. The summed E-state index contributed by atoms with van der Waals surface area (Å²) in [5, 5.41) is 18.5. The van der Waals surface area contributed by atoms with Crippen LogP contribution in [0.5, 0.6) is 11.5 Å². The van der Waals surface area contributed by atoms with E-state index in [9.17, 15) is 9.90 Å². The van der Waals surface area contributed by atoms with E-state index >= 15 is 0 Å². The van der Waals surface area contributed by atoms with Gasteiger partial charge in [-0.25, -0.2) is 0 Å². The highest BCUT2D eigenvalue weighted by Crippen LogP contribution is 2.54. The Kier molecular flexibility index (Phi) is 6.33. The molecule has 2 heterocycles. The van der Waals surface area contributed by atoms with Gasteiger partial charge in [0, 0.05) is 16.0 Å². The zero-order chi connectivity index (χ0) is 23.9. The fourth-order valence-electron chi connectivity index (χ4n) is 4.12. The van der Waals surface area contributed by atoms with Gasteiger partial charge in [0.1, 0.15) is 5.82 Å². The smallest absolute Gasteiger partial charge is 0.304 e. The third kappa shape index (κ3) is 4.29. The van der Waals surface area contributed by atoms with Crippen molar-refractivity contribution in [1.82, 2.24) is 14.8 Å². The van der Waals surface area contributed by atoms with Crippen molar-refractivity contribution in [2.45, 2.75) is 43.1 Å². The first kappa shape index (κ1) is 23.4. The van der Waals surface area contributed by atoms with Crippen LogP contribution >= 0.6 is 23.4 Å². The van der Waals surface area contributed by atoms with E-state index in [1.54, 1.807) is 14.2 Å². The van der Waals surface area contributed by atoms with E-state index in [-0.39, 0.29) is 17.1 Å². The van der Waals surface area contributed by atoms with Crippen LogP contribution in [0.4, 0.5) is 0 Å². The Morgan fingerprint density at radius 1 is 1.15 bits per heavy atom. The Morgan fingerprint density at radius 2 is 1.91 bits per heavy atom. The number of hydrogen-bond donors (Lipinski definition) is 1. The van der Waals surface area contributed by atoms with Crippen molar-refractivity contribution in [1.29, 1.82) is 0 Å². The van der Waals surface area contributed by atoms with Gasteiger partial charge in [0.05, 0.1) is 36.8 Å². The molecule has 174 valence electrons. The van der Waals surface area contributed by atoms with Gasteiger partial charge in [-0.1, -0.05) is 44.5 Å². The lowest BCUT2D eigenvalue weighted by atomic mass is 9.94. The number of aromatic nitrogens is 3. The number of methoxy groups -OCH3 is 2. The topological polar surface area (TPSA) is 86.5 Å². The summed E-state index contributed by atoms with van der Waals surface area (Å²) in [6, 6.07) is 11.4. The molecule has 4 rings (SSSR count). The quantitative estimate of drug-likeness (QED) is 0.502. The van der Waals surface area contributed by atoms with E-state index in [0.717, 1.165) is 22.6 Å². The summed E-state index contributed by atoms with van der Waals surface area (Å²) < 4.78 is 13.3. The van der Waals surface area contributed by atoms with Crippen LogP contribution in [0.3, 0.4) is 0 Å². The van der Waals surface area contributed by atoms with E-state index in [1.807, 2.05) is 41.0 Å². The summed E-state index contributed by atoms with van der Waals surface area (Å²) in [7, 11) is 3.19. The fraction of sp³-hybridized carbons (Fsp3) is 0.375. The van der Waals surface area contributed by atoms with Gasteiger partial charge in [-0.3, -0.25) is 9.36 Å². The van der Waals surface area contributed by atoms with E-state index in [4.69, 9.17) is 21.1 Å². The Labute approximate surface area is 202 Å². The Balaban J connectivity index is 2.04. The molecule has 1 N–H and O–H groups in total. The van der Waals surface area contributed by atoms with Gasteiger partial charge >= 0.3 is 5.97 Å². The third-order valence-electron chi connectivity index (χ3n) is 5.54. The molecule has 0 spiro atoms. The van der Waals surface area contributed by atoms with Gasteiger partial charge in [0.25, 0.3) is 0 Å². The maximum absolute atomic E-state index is 11.9. The van der Waals surface area contributed by atoms with Crippen molar-refractivity contribution < 1.29 is 19.4 Å². The van der Waals surface area contributed by atoms with Crippen molar-refractivity contribution in [3.63, 3.8) is 0 Å². The molecule has 1 aliphatic rings. The first-order chi connectivity index (χ1) is 15.7. The number of carbonyl (C=O) groups is 1. The minimum atomic E-state index is -0.903. The molecule has 0 fully saturated rings. The van der Waals surface area contributed by atoms with Crippen molar-refractivity contribution in [3.8, 4) is 17.2 Å². The number of rotatable bonds is 5. The second-order valence-electron chi connectivity index (χ2n) is 8.86. The summed E-state index contributed by atoms with van der Waals surface area (Å²) in [6.07, 6.45) is -0.0998. The number of carboxylic acids is 1. The second-order valence-corrected chi connectivity index (χ2v) is 10.6. The number of hydrogen-bond acceptors (Lipinski definition) is 6. The van der Waals surface area contributed by atoms with Gasteiger partial charge in [-0.15, -0.1) is 22.0 Å². The van der Waals surface area contributed by atoms with Gasteiger partial charge in [-0.2, -0.15) is 0 Å². The minimum absolute atomic E-state index is 0.0998. The lowest BCUT2D eigenvalue weighted by Gasteiger charge is -2.24. The van der Waals surface area contributed by atoms with Gasteiger partial charge in [0.2, 0.25) is 0 Å². The largest absolute Gasteiger partial charge is 0.493 e. The van der Waals surface area contributed by atoms with Crippen molar-refractivity contribution in [2.24, 2.45) is 0 Å². The zero-order valence-electron chi connectivity index (χ0n) is 19.1. The van der Waals surface area contributed by atoms with Crippen molar-refractivity contribution >= 4 is 29.3 Å². The van der Waals surface area contributed by atoms with Crippen molar-refractivity contribution in [3.05, 3.63) is 64.2 Å². The second kappa shape index (κ2) is 8.91. The molecule has 0 radical (unpaired) electrons. The van der Waals surface area contributed by atoms with Crippen LogP contribution in [0.15, 0.2) is 36.4 Å². The summed E-state index contributed by atoms with van der Waals surface area (Å²) in [6.45, 7) is 6.19. The number of carboxylic acid groups (broad SMARTS) is 1. The van der Waals surface area contributed by atoms with Crippen LogP contribution in [0.25, 0.3) is 5.69 Å². The van der Waals surface area contributed by atoms with Crippen LogP contribution in [0.2, 0.25) is 5.02 Å². The molecular weight excluding hydrogens is 462 g/mol. The number of fused-ring (bicyclic) bond motifs is 3. The summed E-state index contributed by atoms with van der Waals surface area (Å²) >= 11 is 7.97. The Hall–Kier alpha value is -2.71. The van der Waals surface area contributed by atoms with Crippen LogP contribution in [0, 0.1) is 0 Å². The summed E-state index contributed by atoms with van der Waals surface area (Å²) in [5.74, 6) is 1.68. The Morgan fingerprint density at radius 3 is 2.55 bits per heavy atom. The summed E-state index contributed by atoms with van der Waals surface area (Å²) in [4.78, 5) is 11.9. The number of halogens is 1. The highest BCUT2D eigenvalue weighted by Gasteiger charge is 2.38. The van der Waals surface area contributed by atoms with Crippen LogP contribution in [0.1, 0.15) is 60.5 Å². The Bertz CT molecular complexity index is 1200. The molecule has 3 aromatic rings. The molecule has 33 heavy (non-hydrogen) atoms. The lowest BCUT2D eigenvalue weighted by molar-refractivity contribution is -0.137. The predicted molar refractivity (Wildman–Crippen MR) is 129 cm³/mol. The van der Waals surface area contributed by atoms with Gasteiger partial charge in [-0.05, 0) is 29.8 Å². The van der Waals surface area contributed by atoms with E-state index < -0.39 is 11.2 Å². The van der Waals surface area contributed by atoms with E-state index in [0.29, 0.717) is 22.3 Å². The van der Waals surface area contributed by atoms with Crippen LogP contribution in [-0.2, 0) is 10.2 Å². The van der Waals surface area contributed by atoms with Crippen LogP contribution in [-0.4, -0.2) is 40.1 Å². The molecular formula is C24H26ClN3O4S. The minimum Gasteiger partial charge on any atom is -0.493 e. The van der Waals surface area contributed by atoms with E-state index in [1.165, 1.54) is 11.8 Å². The molecule has 0 bridgehead atoms. The monoisotopic (exact) mass is 487 g/mol. The number of thioether (sulfide) groups is 1. The number of aliphatic carboxylic acids is 1. The normalized spacial score (nSPS) is 17.6. The van der Waals surface area contributed by atoms with Gasteiger partial charge < -0.3 is 14.6 Å². The maximum Gasteiger partial charge on any atom is 0.304 e. The molecule has 2 atom stereocenters. The van der Waals surface area contributed by atoms with Crippen molar-refractivity contribution in [2.75, 3.05) is 14.2 Å². The molecule has 0 saturated heterocycles.